The van der Waals surface area contributed by atoms with Crippen LogP contribution in [-0.2, 0) is 18.3 Å². The summed E-state index contributed by atoms with van der Waals surface area (Å²) in [5.41, 5.74) is 2.73. The molecule has 1 unspecified atom stereocenters. The van der Waals surface area contributed by atoms with Gasteiger partial charge in [-0.3, -0.25) is 4.79 Å². The van der Waals surface area contributed by atoms with E-state index < -0.39 is 29.2 Å². The lowest BCUT2D eigenvalue weighted by atomic mass is 9.88. The first kappa shape index (κ1) is 24.6. The minimum atomic E-state index is -0.950. The Labute approximate surface area is 220 Å². The number of ether oxygens (including phenoxy) is 2. The molecule has 1 atom stereocenters. The molecule has 39 heavy (non-hydrogen) atoms. The Kier molecular flexibility index (Phi) is 6.02. The third-order valence-electron chi connectivity index (χ3n) is 7.05. The first-order chi connectivity index (χ1) is 18.8. The lowest BCUT2D eigenvalue weighted by Gasteiger charge is -2.26. The van der Waals surface area contributed by atoms with Gasteiger partial charge in [-0.15, -0.1) is 0 Å². The van der Waals surface area contributed by atoms with E-state index in [4.69, 9.17) is 9.47 Å². The second-order valence-electron chi connectivity index (χ2n) is 9.40. The third kappa shape index (κ3) is 4.27. The fourth-order valence-corrected chi connectivity index (χ4v) is 5.23. The Bertz CT molecular complexity index is 1740. The molecule has 6 rings (SSSR count). The number of para-hydroxylation sites is 1. The van der Waals surface area contributed by atoms with Gasteiger partial charge >= 0.3 is 5.97 Å². The fraction of sp³-hybridized carbons (Fsp3) is 0.172. The first-order valence-corrected chi connectivity index (χ1v) is 12.3. The summed E-state index contributed by atoms with van der Waals surface area (Å²) in [4.78, 5) is 17.2. The molecular weight excluding hydrogens is 511 g/mol. The van der Waals surface area contributed by atoms with E-state index in [0.29, 0.717) is 35.7 Å². The third-order valence-corrected chi connectivity index (χ3v) is 7.05. The van der Waals surface area contributed by atoms with E-state index in [9.17, 15) is 18.7 Å². The maximum atomic E-state index is 15.0. The number of nitrogens with zero attached hydrogens (tertiary/aromatic N) is 1. The zero-order valence-corrected chi connectivity index (χ0v) is 20.7. The number of carboxylic acid groups (broad SMARTS) is 1. The van der Waals surface area contributed by atoms with Gasteiger partial charge in [0.2, 0.25) is 0 Å². The van der Waals surface area contributed by atoms with Crippen LogP contribution in [-0.4, -0.2) is 27.7 Å². The molecule has 0 saturated carbocycles. The predicted octanol–water partition coefficient (Wildman–Crippen LogP) is 5.74. The fourth-order valence-electron chi connectivity index (χ4n) is 5.23. The van der Waals surface area contributed by atoms with Crippen molar-refractivity contribution < 1.29 is 37.1 Å². The number of carbonyl (C=O) groups is 1. The summed E-state index contributed by atoms with van der Waals surface area (Å²) in [5.74, 6) is -2.91. The summed E-state index contributed by atoms with van der Waals surface area (Å²) in [6, 6.07) is 11.9. The highest BCUT2D eigenvalue weighted by Gasteiger charge is 2.32. The van der Waals surface area contributed by atoms with Crippen molar-refractivity contribution in [3.05, 3.63) is 95.2 Å². The largest absolute Gasteiger partial charge is 0.493 e. The summed E-state index contributed by atoms with van der Waals surface area (Å²) in [6.07, 6.45) is 3.75. The number of hydrogen-bond donors (Lipinski definition) is 3. The standard InChI is InChI=1S/C29H22F3N3O4/c1-35-24(17-8-10-38-27-15(11-25(36)37)3-2-4-18(17)27)14-34-29(35)20-12-16(5-6-21(20)30)39-28-22(31)13-23-19(26(28)32)7-9-33-23/h2-7,9,12-14,17,33H,8,10-11H2,1H3,(H,36,37)/p+1. The van der Waals surface area contributed by atoms with Crippen LogP contribution in [0.15, 0.2) is 60.9 Å². The number of benzene rings is 3. The Morgan fingerprint density at radius 2 is 1.97 bits per heavy atom. The van der Waals surface area contributed by atoms with E-state index >= 15 is 4.39 Å². The van der Waals surface area contributed by atoms with Crippen molar-refractivity contribution in [1.82, 2.24) is 9.97 Å². The van der Waals surface area contributed by atoms with Gasteiger partial charge in [0.25, 0.3) is 5.82 Å². The molecule has 3 heterocycles. The normalized spacial score (nSPS) is 14.7. The Balaban J connectivity index is 1.36. The van der Waals surface area contributed by atoms with E-state index in [1.807, 2.05) is 6.07 Å². The van der Waals surface area contributed by atoms with Crippen LogP contribution in [0.1, 0.15) is 29.2 Å². The second-order valence-corrected chi connectivity index (χ2v) is 9.40. The van der Waals surface area contributed by atoms with E-state index in [0.717, 1.165) is 17.3 Å². The van der Waals surface area contributed by atoms with Gasteiger partial charge in [0.15, 0.2) is 23.1 Å². The van der Waals surface area contributed by atoms with Gasteiger partial charge in [0, 0.05) is 28.8 Å². The van der Waals surface area contributed by atoms with Gasteiger partial charge in [0.05, 0.1) is 31.5 Å². The molecule has 0 spiro atoms. The van der Waals surface area contributed by atoms with Crippen molar-refractivity contribution in [2.75, 3.05) is 6.61 Å². The molecule has 3 N–H and O–H groups in total. The number of aromatic nitrogens is 3. The summed E-state index contributed by atoms with van der Waals surface area (Å²) in [5, 5.41) is 9.46. The van der Waals surface area contributed by atoms with Crippen LogP contribution in [0, 0.1) is 17.5 Å². The van der Waals surface area contributed by atoms with Gasteiger partial charge in [-0.1, -0.05) is 18.2 Å². The maximum Gasteiger partial charge on any atom is 0.307 e. The van der Waals surface area contributed by atoms with Crippen LogP contribution in [0.25, 0.3) is 22.3 Å². The van der Waals surface area contributed by atoms with Crippen LogP contribution in [0.5, 0.6) is 17.2 Å². The van der Waals surface area contributed by atoms with E-state index in [1.165, 1.54) is 30.5 Å². The number of nitrogens with one attached hydrogen (secondary N) is 2. The molecule has 7 nitrogen and oxygen atoms in total. The average Bonchev–Trinajstić information content (AvgIpc) is 3.53. The molecule has 10 heteroatoms. The molecule has 0 aliphatic carbocycles. The van der Waals surface area contributed by atoms with Gasteiger partial charge in [-0.2, -0.15) is 0 Å². The summed E-state index contributed by atoms with van der Waals surface area (Å²) in [7, 11) is 1.78. The zero-order chi connectivity index (χ0) is 27.3. The maximum absolute atomic E-state index is 15.0. The number of hydrogen-bond acceptors (Lipinski definition) is 3. The van der Waals surface area contributed by atoms with Crippen molar-refractivity contribution in [2.45, 2.75) is 18.8 Å². The molecule has 1 aliphatic heterocycles. The minimum absolute atomic E-state index is 0.0601. The van der Waals surface area contributed by atoms with Gasteiger partial charge < -0.3 is 19.6 Å². The van der Waals surface area contributed by atoms with Crippen molar-refractivity contribution in [3.63, 3.8) is 0 Å². The number of H-pyrrole nitrogens is 2. The first-order valence-electron chi connectivity index (χ1n) is 12.3. The Morgan fingerprint density at radius 1 is 1.13 bits per heavy atom. The molecule has 198 valence electrons. The molecule has 1 aliphatic rings. The quantitative estimate of drug-likeness (QED) is 0.243. The van der Waals surface area contributed by atoms with Crippen LogP contribution in [0.4, 0.5) is 13.2 Å². The molecular formula is C29H23F3N3O4+. The molecule has 0 fully saturated rings. The van der Waals surface area contributed by atoms with Crippen molar-refractivity contribution in [1.29, 1.82) is 0 Å². The smallest absolute Gasteiger partial charge is 0.307 e. The monoisotopic (exact) mass is 534 g/mol. The molecule has 5 aromatic rings. The minimum Gasteiger partial charge on any atom is -0.493 e. The number of aromatic amines is 2. The average molecular weight is 535 g/mol. The highest BCUT2D eigenvalue weighted by Crippen LogP contribution is 2.40. The van der Waals surface area contributed by atoms with Crippen LogP contribution < -0.4 is 14.0 Å². The van der Waals surface area contributed by atoms with Crippen molar-refractivity contribution in [3.8, 4) is 28.6 Å². The summed E-state index contributed by atoms with van der Waals surface area (Å²) >= 11 is 0. The van der Waals surface area contributed by atoms with Crippen LogP contribution in [0.3, 0.4) is 0 Å². The number of fused-ring (bicyclic) bond motifs is 2. The second kappa shape index (κ2) is 9.54. The summed E-state index contributed by atoms with van der Waals surface area (Å²) in [6.45, 7) is 0.398. The molecule has 3 aromatic carbocycles. The Hall–Kier alpha value is -4.73. The summed E-state index contributed by atoms with van der Waals surface area (Å²) < 4.78 is 57.8. The van der Waals surface area contributed by atoms with Crippen molar-refractivity contribution in [2.24, 2.45) is 7.05 Å². The van der Waals surface area contributed by atoms with Gasteiger partial charge in [0.1, 0.15) is 29.1 Å². The van der Waals surface area contributed by atoms with Crippen LogP contribution in [0.2, 0.25) is 0 Å². The molecule has 0 saturated heterocycles. The molecule has 0 radical (unpaired) electrons. The predicted molar refractivity (Wildman–Crippen MR) is 135 cm³/mol. The number of rotatable bonds is 6. The number of carboxylic acids is 1. The van der Waals surface area contributed by atoms with E-state index in [1.54, 1.807) is 29.9 Å². The highest BCUT2D eigenvalue weighted by atomic mass is 19.1. The lowest BCUT2D eigenvalue weighted by molar-refractivity contribution is -0.667. The zero-order valence-electron chi connectivity index (χ0n) is 20.7. The van der Waals surface area contributed by atoms with E-state index in [-0.39, 0.29) is 29.0 Å². The SMILES string of the molecule is C[n+]1c(C2CCOc3c(CC(=O)O)cccc32)c[nH]c1-c1cc(Oc2c(F)cc3[nH]ccc3c2F)ccc1F. The number of aliphatic carboxylic acids is 1. The number of imidazole rings is 1. The van der Waals surface area contributed by atoms with Crippen molar-refractivity contribution >= 4 is 16.9 Å². The highest BCUT2D eigenvalue weighted by molar-refractivity contribution is 5.82. The van der Waals surface area contributed by atoms with Crippen LogP contribution >= 0.6 is 0 Å². The van der Waals surface area contributed by atoms with Gasteiger partial charge in [-0.05, 0) is 30.7 Å². The van der Waals surface area contributed by atoms with Gasteiger partial charge in [-0.25, -0.2) is 22.7 Å². The molecule has 0 amide bonds. The van der Waals surface area contributed by atoms with E-state index in [2.05, 4.69) is 9.97 Å². The topological polar surface area (TPSA) is 91.2 Å². The molecule has 2 aromatic heterocycles. The number of halogens is 3. The Morgan fingerprint density at radius 3 is 2.79 bits per heavy atom. The lowest BCUT2D eigenvalue weighted by Crippen LogP contribution is -2.36. The molecule has 0 bridgehead atoms.